The highest BCUT2D eigenvalue weighted by atomic mass is 32.1. The lowest BCUT2D eigenvalue weighted by molar-refractivity contribution is -0.124. The normalized spacial score (nSPS) is 16.1. The molecule has 0 aliphatic carbocycles. The van der Waals surface area contributed by atoms with Crippen LogP contribution in [0.3, 0.4) is 0 Å². The van der Waals surface area contributed by atoms with Gasteiger partial charge in [-0.2, -0.15) is 0 Å². The first kappa shape index (κ1) is 25.4. The van der Waals surface area contributed by atoms with Crippen LogP contribution >= 0.6 is 11.3 Å². The number of fused-ring (bicyclic) bond motifs is 2. The largest absolute Gasteiger partial charge is 0.438 e. The number of halogens is 1. The molecule has 0 saturated heterocycles. The fraction of sp³-hybridized carbons (Fsp3) is 0.185. The van der Waals surface area contributed by atoms with E-state index >= 15 is 4.39 Å². The van der Waals surface area contributed by atoms with E-state index in [0.717, 1.165) is 21.4 Å². The van der Waals surface area contributed by atoms with Crippen LogP contribution in [0.4, 0.5) is 15.9 Å². The van der Waals surface area contributed by atoms with E-state index in [4.69, 9.17) is 10.2 Å². The molecule has 6 rings (SSSR count). The summed E-state index contributed by atoms with van der Waals surface area (Å²) in [7, 11) is 0. The van der Waals surface area contributed by atoms with Crippen molar-refractivity contribution < 1.29 is 18.4 Å². The van der Waals surface area contributed by atoms with Crippen LogP contribution in [0, 0.1) is 5.82 Å². The molecule has 0 fully saturated rings. The predicted molar refractivity (Wildman–Crippen MR) is 146 cm³/mol. The molecule has 4 N–H and O–H groups in total. The van der Waals surface area contributed by atoms with Gasteiger partial charge in [0.25, 0.3) is 11.5 Å². The van der Waals surface area contributed by atoms with Crippen LogP contribution in [0.15, 0.2) is 64.5 Å². The summed E-state index contributed by atoms with van der Waals surface area (Å²) in [4.78, 5) is 52.4. The number of aromatic nitrogens is 4. The summed E-state index contributed by atoms with van der Waals surface area (Å²) in [6, 6.07) is 7.19. The third-order valence-electron chi connectivity index (χ3n) is 6.76. The van der Waals surface area contributed by atoms with E-state index in [1.54, 1.807) is 12.3 Å². The number of benzene rings is 1. The number of carbonyl (C=O) groups excluding carboxylic acids is 2. The summed E-state index contributed by atoms with van der Waals surface area (Å²) >= 11 is 1.49. The van der Waals surface area contributed by atoms with Crippen molar-refractivity contribution in [3.05, 3.63) is 87.9 Å². The number of hydrogen-bond donors (Lipinski definition) is 3. The second-order valence-electron chi connectivity index (χ2n) is 9.42. The average Bonchev–Trinajstić information content (AvgIpc) is 3.68. The maximum atomic E-state index is 15.5. The predicted octanol–water partition coefficient (Wildman–Crippen LogP) is 3.85. The number of nitrogens with two attached hydrogens (primary N) is 1. The second kappa shape index (κ2) is 10.0. The minimum Gasteiger partial charge on any atom is -0.438 e. The topological polar surface area (TPSA) is 158 Å². The number of anilines is 2. The lowest BCUT2D eigenvalue weighted by atomic mass is 10.1. The number of nitrogens with one attached hydrogen (secondary N) is 2. The molecule has 0 unspecified atom stereocenters. The van der Waals surface area contributed by atoms with Crippen LogP contribution in [-0.4, -0.2) is 31.3 Å². The lowest BCUT2D eigenvalue weighted by Crippen LogP contribution is -2.36. The van der Waals surface area contributed by atoms with Gasteiger partial charge in [-0.3, -0.25) is 19.0 Å². The zero-order chi connectivity index (χ0) is 28.0. The van der Waals surface area contributed by atoms with E-state index in [9.17, 15) is 14.4 Å². The van der Waals surface area contributed by atoms with Crippen molar-refractivity contribution >= 4 is 44.7 Å². The molecule has 5 aromatic rings. The molecule has 0 saturated carbocycles. The monoisotopic (exact) mass is 559 g/mol. The van der Waals surface area contributed by atoms with E-state index < -0.39 is 23.3 Å². The third-order valence-corrected chi connectivity index (χ3v) is 7.86. The Hall–Kier alpha value is -4.91. The summed E-state index contributed by atoms with van der Waals surface area (Å²) in [5.41, 5.74) is 4.99. The van der Waals surface area contributed by atoms with Crippen LogP contribution in [0.2, 0.25) is 0 Å². The Kier molecular flexibility index (Phi) is 6.34. The Labute approximate surface area is 229 Å². The Morgan fingerprint density at radius 2 is 2.05 bits per heavy atom. The molecule has 202 valence electrons. The van der Waals surface area contributed by atoms with Gasteiger partial charge in [-0.05, 0) is 24.6 Å². The number of thiophene rings is 1. The molecule has 13 heteroatoms. The zero-order valence-electron chi connectivity index (χ0n) is 21.1. The molecule has 0 bridgehead atoms. The van der Waals surface area contributed by atoms with Crippen molar-refractivity contribution in [2.75, 3.05) is 11.1 Å². The van der Waals surface area contributed by atoms with Crippen molar-refractivity contribution in [3.63, 3.8) is 0 Å². The Morgan fingerprint density at radius 1 is 1.20 bits per heavy atom. The molecule has 11 nitrogen and oxygen atoms in total. The molecule has 1 aliphatic heterocycles. The smallest absolute Gasteiger partial charge is 0.293 e. The van der Waals surface area contributed by atoms with E-state index in [0.29, 0.717) is 18.1 Å². The van der Waals surface area contributed by atoms with Crippen molar-refractivity contribution in [2.45, 2.75) is 31.8 Å². The van der Waals surface area contributed by atoms with E-state index in [1.165, 1.54) is 46.5 Å². The van der Waals surface area contributed by atoms with Gasteiger partial charge in [-0.25, -0.2) is 19.3 Å². The van der Waals surface area contributed by atoms with Gasteiger partial charge in [0.2, 0.25) is 11.7 Å². The van der Waals surface area contributed by atoms with Crippen LogP contribution in [-0.2, 0) is 11.3 Å². The van der Waals surface area contributed by atoms with E-state index in [-0.39, 0.29) is 40.9 Å². The number of pyridine rings is 1. The quantitative estimate of drug-likeness (QED) is 0.283. The van der Waals surface area contributed by atoms with E-state index in [1.807, 2.05) is 13.0 Å². The number of nitrogens with zero attached hydrogens (tertiary/aromatic N) is 4. The molecule has 0 spiro atoms. The molecule has 0 radical (unpaired) electrons. The fourth-order valence-electron chi connectivity index (χ4n) is 4.83. The minimum absolute atomic E-state index is 0.0292. The van der Waals surface area contributed by atoms with Crippen LogP contribution in [0.1, 0.15) is 46.6 Å². The molecule has 5 heterocycles. The van der Waals surface area contributed by atoms with Crippen molar-refractivity contribution in [1.29, 1.82) is 0 Å². The summed E-state index contributed by atoms with van der Waals surface area (Å²) in [5.74, 6) is -1.23. The van der Waals surface area contributed by atoms with Gasteiger partial charge in [0.05, 0.1) is 24.0 Å². The highest BCUT2D eigenvalue weighted by Crippen LogP contribution is 2.35. The first-order chi connectivity index (χ1) is 19.3. The Morgan fingerprint density at radius 3 is 2.85 bits per heavy atom. The summed E-state index contributed by atoms with van der Waals surface area (Å²) < 4.78 is 22.8. The van der Waals surface area contributed by atoms with Crippen molar-refractivity contribution in [1.82, 2.24) is 24.8 Å². The van der Waals surface area contributed by atoms with Crippen molar-refractivity contribution in [3.8, 4) is 11.1 Å². The molecular weight excluding hydrogens is 537 g/mol. The minimum atomic E-state index is -0.818. The maximum absolute atomic E-state index is 15.5. The SMILES string of the molecule is C[C@@H]1C[C@@H](C(=O)NCc2cc3cnc(N)cc3s2)n2c1ncc(-c1cccc(NC(=O)c3cnco3)c1F)c2=O. The number of carbonyl (C=O) groups is 2. The number of rotatable bonds is 6. The van der Waals surface area contributed by atoms with Gasteiger partial charge in [-0.15, -0.1) is 11.3 Å². The zero-order valence-corrected chi connectivity index (χ0v) is 21.9. The first-order valence-corrected chi connectivity index (χ1v) is 13.1. The Balaban J connectivity index is 1.27. The second-order valence-corrected chi connectivity index (χ2v) is 10.6. The number of hydrogen-bond acceptors (Lipinski definition) is 9. The molecule has 40 heavy (non-hydrogen) atoms. The van der Waals surface area contributed by atoms with Crippen LogP contribution in [0.25, 0.3) is 21.2 Å². The highest BCUT2D eigenvalue weighted by Gasteiger charge is 2.36. The number of nitrogen functional groups attached to an aromatic ring is 1. The van der Waals surface area contributed by atoms with Crippen LogP contribution in [0.5, 0.6) is 0 Å². The van der Waals surface area contributed by atoms with Gasteiger partial charge in [0.1, 0.15) is 17.7 Å². The molecular formula is C27H22FN7O4S. The molecule has 2 atom stereocenters. The van der Waals surface area contributed by atoms with Crippen molar-refractivity contribution in [2.24, 2.45) is 0 Å². The molecule has 2 amide bonds. The van der Waals surface area contributed by atoms with Crippen LogP contribution < -0.4 is 21.9 Å². The number of amides is 2. The average molecular weight is 560 g/mol. The summed E-state index contributed by atoms with van der Waals surface area (Å²) in [5, 5.41) is 6.26. The fourth-order valence-corrected chi connectivity index (χ4v) is 5.86. The molecule has 4 aromatic heterocycles. The summed E-state index contributed by atoms with van der Waals surface area (Å²) in [6.07, 6.45) is 5.65. The first-order valence-electron chi connectivity index (χ1n) is 12.3. The summed E-state index contributed by atoms with van der Waals surface area (Å²) in [6.45, 7) is 2.15. The number of oxazole rings is 1. The Bertz CT molecular complexity index is 1830. The molecule has 1 aromatic carbocycles. The van der Waals surface area contributed by atoms with Gasteiger partial charge >= 0.3 is 0 Å². The standard InChI is InChI=1S/C27H22FN7O4S/c1-13-5-19(25(36)33-9-15-6-14-8-31-22(29)7-21(14)40-15)35-24(13)32-10-17(27(35)38)16-3-2-4-18(23(16)28)34-26(37)20-11-30-12-39-20/h2-4,6-8,10-13,19H,5,9H2,1H3,(H2,29,31)(H,33,36)(H,34,37)/t13-,19+/m1/s1. The lowest BCUT2D eigenvalue weighted by Gasteiger charge is -2.15. The van der Waals surface area contributed by atoms with Gasteiger partial charge in [-0.1, -0.05) is 19.1 Å². The highest BCUT2D eigenvalue weighted by molar-refractivity contribution is 7.19. The molecule has 1 aliphatic rings. The van der Waals surface area contributed by atoms with Gasteiger partial charge in [0, 0.05) is 38.8 Å². The maximum Gasteiger partial charge on any atom is 0.293 e. The third kappa shape index (κ3) is 4.49. The van der Waals surface area contributed by atoms with E-state index in [2.05, 4.69) is 25.6 Å². The van der Waals surface area contributed by atoms with Gasteiger partial charge < -0.3 is 20.8 Å². The van der Waals surface area contributed by atoms with Gasteiger partial charge in [0.15, 0.2) is 12.2 Å².